The highest BCUT2D eigenvalue weighted by Crippen LogP contribution is 2.27. The van der Waals surface area contributed by atoms with Crippen LogP contribution in [0.25, 0.3) is 35.3 Å². The molecule has 38 heavy (non-hydrogen) atoms. The second-order valence-electron chi connectivity index (χ2n) is 10.7. The normalized spacial score (nSPS) is 13.1. The lowest BCUT2D eigenvalue weighted by atomic mass is 9.98. The van der Waals surface area contributed by atoms with Gasteiger partial charge in [0.1, 0.15) is 0 Å². The summed E-state index contributed by atoms with van der Waals surface area (Å²) in [5.41, 5.74) is 7.53. The van der Waals surface area contributed by atoms with Crippen LogP contribution in [0.1, 0.15) is 91.2 Å². The van der Waals surface area contributed by atoms with E-state index < -0.39 is 0 Å². The molecule has 0 atom stereocenters. The lowest BCUT2D eigenvalue weighted by molar-refractivity contribution is 0.605. The van der Waals surface area contributed by atoms with Gasteiger partial charge < -0.3 is 0 Å². The molecule has 1 N–H and O–H groups in total. The predicted molar refractivity (Wildman–Crippen MR) is 163 cm³/mol. The zero-order valence-electron chi connectivity index (χ0n) is 24.2. The quantitative estimate of drug-likeness (QED) is 0.176. The molecule has 0 radical (unpaired) electrons. The van der Waals surface area contributed by atoms with Crippen molar-refractivity contribution in [2.45, 2.75) is 92.4 Å². The molecule has 0 unspecified atom stereocenters. The molecular weight excluding hydrogens is 464 g/mol. The van der Waals surface area contributed by atoms with E-state index in [0.717, 1.165) is 45.3 Å². The molecule has 0 aliphatic carbocycles. The van der Waals surface area contributed by atoms with E-state index in [-0.39, 0.29) is 0 Å². The van der Waals surface area contributed by atoms with Gasteiger partial charge in [0, 0.05) is 11.3 Å². The molecule has 0 aliphatic heterocycles. The van der Waals surface area contributed by atoms with Crippen molar-refractivity contribution in [3.05, 3.63) is 76.1 Å². The molecule has 0 aromatic carbocycles. The monoisotopic (exact) mass is 510 g/mol. The van der Waals surface area contributed by atoms with Gasteiger partial charge in [0.15, 0.2) is 0 Å². The Kier molecular flexibility index (Phi) is 11.7. The van der Waals surface area contributed by atoms with Crippen LogP contribution in [0.3, 0.4) is 0 Å². The molecule has 0 spiro atoms. The first-order chi connectivity index (χ1) is 18.4. The van der Waals surface area contributed by atoms with Gasteiger partial charge in [-0.1, -0.05) is 88.5 Å². The highest BCUT2D eigenvalue weighted by molar-refractivity contribution is 5.76. The summed E-state index contributed by atoms with van der Waals surface area (Å²) < 4.78 is 0. The minimum Gasteiger partial charge on any atom is -0.276 e. The van der Waals surface area contributed by atoms with Gasteiger partial charge >= 0.3 is 0 Å². The van der Waals surface area contributed by atoms with Crippen LogP contribution >= 0.6 is 0 Å². The number of nitrogens with zero attached hydrogens (tertiary/aromatic N) is 3. The molecule has 202 valence electrons. The third-order valence-corrected chi connectivity index (χ3v) is 6.87. The molecule has 0 bridgehead atoms. The Labute approximate surface area is 229 Å². The number of rotatable bonds is 14. The average Bonchev–Trinajstić information content (AvgIpc) is 3.38. The Morgan fingerprint density at radius 2 is 1.71 bits per heavy atom. The number of aromatic amines is 1. The summed E-state index contributed by atoms with van der Waals surface area (Å²) in [6.07, 6.45) is 20.0. The second-order valence-corrected chi connectivity index (χ2v) is 10.7. The van der Waals surface area contributed by atoms with Crippen molar-refractivity contribution in [1.82, 2.24) is 20.2 Å². The van der Waals surface area contributed by atoms with Gasteiger partial charge in [-0.15, -0.1) is 0 Å². The van der Waals surface area contributed by atoms with Gasteiger partial charge in [-0.2, -0.15) is 5.10 Å². The number of nitrogens with one attached hydrogen (secondary N) is 1. The molecule has 3 aromatic heterocycles. The van der Waals surface area contributed by atoms with Crippen LogP contribution in [0.4, 0.5) is 0 Å². The molecule has 0 saturated heterocycles. The van der Waals surface area contributed by atoms with E-state index in [1.165, 1.54) is 56.9 Å². The average molecular weight is 511 g/mol. The largest absolute Gasteiger partial charge is 0.276 e. The van der Waals surface area contributed by atoms with Crippen molar-refractivity contribution in [1.29, 1.82) is 0 Å². The summed E-state index contributed by atoms with van der Waals surface area (Å²) in [6.45, 7) is 15.2. The fraction of sp³-hybridized carbons (Fsp3) is 0.441. The van der Waals surface area contributed by atoms with Gasteiger partial charge in [-0.25, -0.2) is 4.98 Å². The number of pyridine rings is 2. The van der Waals surface area contributed by atoms with E-state index in [9.17, 15) is 0 Å². The molecule has 4 heteroatoms. The van der Waals surface area contributed by atoms with Crippen molar-refractivity contribution in [2.24, 2.45) is 5.92 Å². The van der Waals surface area contributed by atoms with E-state index in [1.807, 2.05) is 43.5 Å². The van der Waals surface area contributed by atoms with Gasteiger partial charge in [0.2, 0.25) is 0 Å². The third-order valence-electron chi connectivity index (χ3n) is 6.87. The molecule has 3 heterocycles. The fourth-order valence-electron chi connectivity index (χ4n) is 4.91. The third kappa shape index (κ3) is 8.93. The van der Waals surface area contributed by atoms with E-state index in [2.05, 4.69) is 67.7 Å². The maximum absolute atomic E-state index is 4.98. The Bertz CT molecular complexity index is 1330. The van der Waals surface area contributed by atoms with E-state index in [1.54, 1.807) is 5.57 Å². The van der Waals surface area contributed by atoms with E-state index >= 15 is 0 Å². The minimum absolute atomic E-state index is 0.660. The first-order valence-corrected chi connectivity index (χ1v) is 14.4. The second kappa shape index (κ2) is 15.2. The molecule has 3 aromatic rings. The highest BCUT2D eigenvalue weighted by atomic mass is 15.1. The fourth-order valence-corrected chi connectivity index (χ4v) is 4.91. The summed E-state index contributed by atoms with van der Waals surface area (Å²) >= 11 is 0. The summed E-state index contributed by atoms with van der Waals surface area (Å²) in [5, 5.41) is 9.25. The number of hydrogen-bond donors (Lipinski definition) is 1. The maximum Gasteiger partial charge on any atom is 0.0928 e. The van der Waals surface area contributed by atoms with Crippen LogP contribution in [0, 0.1) is 12.8 Å². The van der Waals surface area contributed by atoms with Gasteiger partial charge in [-0.05, 0) is 81.4 Å². The van der Waals surface area contributed by atoms with Crippen LogP contribution in [-0.2, 0) is 0 Å². The van der Waals surface area contributed by atoms with Gasteiger partial charge in [0.05, 0.1) is 28.6 Å². The Balaban J connectivity index is 1.60. The number of H-pyrrole nitrogens is 1. The Hall–Kier alpha value is -3.27. The van der Waals surface area contributed by atoms with Crippen molar-refractivity contribution in [3.8, 4) is 22.6 Å². The van der Waals surface area contributed by atoms with Crippen LogP contribution in [0.15, 0.2) is 59.8 Å². The first-order valence-electron chi connectivity index (χ1n) is 14.4. The van der Waals surface area contributed by atoms with Crippen molar-refractivity contribution >= 4 is 12.7 Å². The number of unbranched alkanes of at least 4 members (excludes halogenated alkanes) is 4. The zero-order chi connectivity index (χ0) is 27.3. The van der Waals surface area contributed by atoms with Gasteiger partial charge in [-0.3, -0.25) is 10.1 Å². The van der Waals surface area contributed by atoms with Gasteiger partial charge in [0.25, 0.3) is 0 Å². The van der Waals surface area contributed by atoms with Crippen molar-refractivity contribution in [2.75, 3.05) is 0 Å². The number of allylic oxidation sites excluding steroid dienone is 4. The van der Waals surface area contributed by atoms with Crippen LogP contribution in [0.2, 0.25) is 0 Å². The topological polar surface area (TPSA) is 54.5 Å². The van der Waals surface area contributed by atoms with Crippen LogP contribution in [-0.4, -0.2) is 20.2 Å². The number of aromatic nitrogens is 4. The summed E-state index contributed by atoms with van der Waals surface area (Å²) in [7, 11) is 0. The highest BCUT2D eigenvalue weighted by Gasteiger charge is 2.12. The Morgan fingerprint density at radius 3 is 2.42 bits per heavy atom. The first kappa shape index (κ1) is 29.3. The molecule has 4 nitrogen and oxygen atoms in total. The standard InChI is InChI=1S/C34H46N4/c1-7-15-29(22-25(3)4)18-13-11-9-10-12-17-28(8-2)23-33-26(5)20-21-31(37-33)30-24-35-38-34(30)32-19-14-16-27(6)36-32/h8,14,16,19-25H,5,7,9-13,15,17-18H2,1-4,6H3,(H,35,38)/b28-8-,29-22+,33-23+. The predicted octanol–water partition coefficient (Wildman–Crippen LogP) is 8.09. The smallest absolute Gasteiger partial charge is 0.0928 e. The van der Waals surface area contributed by atoms with E-state index in [0.29, 0.717) is 5.92 Å². The minimum atomic E-state index is 0.660. The summed E-state index contributed by atoms with van der Waals surface area (Å²) in [6, 6.07) is 10.1. The number of hydrogen-bond acceptors (Lipinski definition) is 3. The Morgan fingerprint density at radius 1 is 0.947 bits per heavy atom. The number of aryl methyl sites for hydroxylation is 1. The maximum atomic E-state index is 4.98. The zero-order valence-corrected chi connectivity index (χ0v) is 24.2. The van der Waals surface area contributed by atoms with Crippen molar-refractivity contribution < 1.29 is 0 Å². The molecule has 0 aliphatic rings. The lowest BCUT2D eigenvalue weighted by Crippen LogP contribution is -2.27. The summed E-state index contributed by atoms with van der Waals surface area (Å²) in [5.74, 6) is 0.660. The van der Waals surface area contributed by atoms with Crippen LogP contribution in [0.5, 0.6) is 0 Å². The van der Waals surface area contributed by atoms with E-state index in [4.69, 9.17) is 4.98 Å². The molecule has 3 rings (SSSR count). The summed E-state index contributed by atoms with van der Waals surface area (Å²) in [4.78, 5) is 9.64. The SMILES string of the molecule is C=c1ccc(-c2cn[nH]c2-c2cccc(C)n2)n/c1=C/C(=C\C)CCCCCCC/C(=C/C(C)C)CCC. The molecule has 0 saturated carbocycles. The van der Waals surface area contributed by atoms with Crippen LogP contribution < -0.4 is 10.6 Å². The lowest BCUT2D eigenvalue weighted by Gasteiger charge is -2.08. The molecule has 0 amide bonds. The molecular formula is C34H46N4. The molecule has 0 fully saturated rings. The van der Waals surface area contributed by atoms with Crippen molar-refractivity contribution in [3.63, 3.8) is 0 Å².